The van der Waals surface area contributed by atoms with Crippen LogP contribution in [0.3, 0.4) is 0 Å². The van der Waals surface area contributed by atoms with Crippen molar-refractivity contribution in [3.8, 4) is 10.6 Å². The number of hydrogen-bond donors (Lipinski definition) is 0. The SMILES string of the molecule is COC(=O)[C@H]1CCCCN1Cc1csc(-c2ccc(C(F)(F)F)cc2)n1. The van der Waals surface area contributed by atoms with Gasteiger partial charge < -0.3 is 4.74 Å². The van der Waals surface area contributed by atoms with Crippen LogP contribution in [0.1, 0.15) is 30.5 Å². The van der Waals surface area contributed by atoms with E-state index < -0.39 is 11.7 Å². The lowest BCUT2D eigenvalue weighted by atomic mass is 10.0. The Bertz CT molecular complexity index is 759. The van der Waals surface area contributed by atoms with Crippen LogP contribution in [-0.4, -0.2) is 35.5 Å². The molecule has 0 saturated carbocycles. The predicted molar refractivity (Wildman–Crippen MR) is 92.6 cm³/mol. The number of nitrogens with zero attached hydrogens (tertiary/aromatic N) is 2. The number of rotatable bonds is 4. The first-order chi connectivity index (χ1) is 12.4. The van der Waals surface area contributed by atoms with E-state index in [2.05, 4.69) is 9.88 Å². The Morgan fingerprint density at radius 1 is 1.31 bits per heavy atom. The van der Waals surface area contributed by atoms with E-state index in [1.807, 2.05) is 5.38 Å². The van der Waals surface area contributed by atoms with E-state index in [1.54, 1.807) is 0 Å². The average Bonchev–Trinajstić information content (AvgIpc) is 3.09. The third-order valence-corrected chi connectivity index (χ3v) is 5.40. The highest BCUT2D eigenvalue weighted by atomic mass is 32.1. The number of carbonyl (C=O) groups excluding carboxylic acids is 1. The lowest BCUT2D eigenvalue weighted by molar-refractivity contribution is -0.148. The van der Waals surface area contributed by atoms with Gasteiger partial charge in [-0.2, -0.15) is 13.2 Å². The summed E-state index contributed by atoms with van der Waals surface area (Å²) in [5, 5.41) is 2.55. The molecular weight excluding hydrogens is 365 g/mol. The summed E-state index contributed by atoms with van der Waals surface area (Å²) in [4.78, 5) is 18.5. The third kappa shape index (κ3) is 4.24. The van der Waals surface area contributed by atoms with E-state index in [4.69, 9.17) is 4.74 Å². The minimum absolute atomic E-state index is 0.233. The van der Waals surface area contributed by atoms with Crippen LogP contribution in [0.25, 0.3) is 10.6 Å². The van der Waals surface area contributed by atoms with E-state index in [0.29, 0.717) is 17.1 Å². The molecule has 1 aromatic carbocycles. The van der Waals surface area contributed by atoms with Crippen molar-refractivity contribution in [3.63, 3.8) is 0 Å². The molecule has 1 atom stereocenters. The van der Waals surface area contributed by atoms with Gasteiger partial charge in [-0.15, -0.1) is 11.3 Å². The molecule has 1 fully saturated rings. The molecule has 8 heteroatoms. The van der Waals surface area contributed by atoms with Gasteiger partial charge in [0, 0.05) is 17.5 Å². The number of aromatic nitrogens is 1. The van der Waals surface area contributed by atoms with Crippen LogP contribution in [-0.2, 0) is 22.3 Å². The number of methoxy groups -OCH3 is 1. The molecule has 0 radical (unpaired) electrons. The molecule has 0 aliphatic carbocycles. The molecule has 2 heterocycles. The molecular formula is C18H19F3N2O2S. The molecule has 1 saturated heterocycles. The Morgan fingerprint density at radius 2 is 2.04 bits per heavy atom. The second-order valence-corrected chi connectivity index (χ2v) is 7.08. The lowest BCUT2D eigenvalue weighted by Gasteiger charge is -2.33. The van der Waals surface area contributed by atoms with Crippen LogP contribution in [0.15, 0.2) is 29.6 Å². The largest absolute Gasteiger partial charge is 0.468 e. The topological polar surface area (TPSA) is 42.4 Å². The quantitative estimate of drug-likeness (QED) is 0.735. The molecule has 0 bridgehead atoms. The number of esters is 1. The van der Waals surface area contributed by atoms with Crippen LogP contribution in [0.4, 0.5) is 13.2 Å². The zero-order valence-corrected chi connectivity index (χ0v) is 15.1. The monoisotopic (exact) mass is 384 g/mol. The van der Waals surface area contributed by atoms with Crippen LogP contribution in [0.5, 0.6) is 0 Å². The number of halogens is 3. The second kappa shape index (κ2) is 7.75. The summed E-state index contributed by atoms with van der Waals surface area (Å²) in [7, 11) is 1.39. The molecule has 1 aromatic heterocycles. The van der Waals surface area contributed by atoms with Crippen molar-refractivity contribution in [2.24, 2.45) is 0 Å². The zero-order chi connectivity index (χ0) is 18.7. The van der Waals surface area contributed by atoms with Crippen LogP contribution in [0.2, 0.25) is 0 Å². The van der Waals surface area contributed by atoms with E-state index in [0.717, 1.165) is 43.6 Å². The van der Waals surface area contributed by atoms with Gasteiger partial charge in [0.1, 0.15) is 11.0 Å². The van der Waals surface area contributed by atoms with E-state index in [1.165, 1.54) is 30.6 Å². The normalized spacial score (nSPS) is 18.7. The van der Waals surface area contributed by atoms with Crippen molar-refractivity contribution >= 4 is 17.3 Å². The number of ether oxygens (including phenoxy) is 1. The molecule has 1 aliphatic rings. The predicted octanol–water partition coefficient (Wildman–Crippen LogP) is 4.36. The van der Waals surface area contributed by atoms with Gasteiger partial charge in [-0.1, -0.05) is 18.6 Å². The average molecular weight is 384 g/mol. The highest BCUT2D eigenvalue weighted by Crippen LogP contribution is 2.32. The molecule has 140 valence electrons. The number of likely N-dealkylation sites (tertiary alicyclic amines) is 1. The summed E-state index contributed by atoms with van der Waals surface area (Å²) in [6, 6.07) is 4.74. The van der Waals surface area contributed by atoms with Crippen molar-refractivity contribution in [2.45, 2.75) is 38.0 Å². The Hall–Kier alpha value is -1.93. The van der Waals surface area contributed by atoms with Gasteiger partial charge in [0.2, 0.25) is 0 Å². The highest BCUT2D eigenvalue weighted by molar-refractivity contribution is 7.13. The Balaban J connectivity index is 1.72. The maximum atomic E-state index is 12.7. The summed E-state index contributed by atoms with van der Waals surface area (Å²) >= 11 is 1.38. The number of thiazole rings is 1. The molecule has 4 nitrogen and oxygen atoms in total. The molecule has 1 aliphatic heterocycles. The Kier molecular flexibility index (Phi) is 5.62. The molecule has 0 spiro atoms. The van der Waals surface area contributed by atoms with Gasteiger partial charge >= 0.3 is 12.1 Å². The fraction of sp³-hybridized carbons (Fsp3) is 0.444. The van der Waals surface area contributed by atoms with Crippen molar-refractivity contribution in [3.05, 3.63) is 40.9 Å². The third-order valence-electron chi connectivity index (χ3n) is 4.46. The molecule has 2 aromatic rings. The smallest absolute Gasteiger partial charge is 0.416 e. The van der Waals surface area contributed by atoms with Gasteiger partial charge in [0.25, 0.3) is 0 Å². The molecule has 3 rings (SSSR count). The second-order valence-electron chi connectivity index (χ2n) is 6.22. The van der Waals surface area contributed by atoms with Crippen LogP contribution >= 0.6 is 11.3 Å². The van der Waals surface area contributed by atoms with Crippen LogP contribution < -0.4 is 0 Å². The summed E-state index contributed by atoms with van der Waals surface area (Å²) in [5.74, 6) is -0.233. The van der Waals surface area contributed by atoms with Gasteiger partial charge in [-0.3, -0.25) is 9.69 Å². The van der Waals surface area contributed by atoms with Gasteiger partial charge in [0.15, 0.2) is 0 Å². The van der Waals surface area contributed by atoms with Gasteiger partial charge in [0.05, 0.1) is 18.4 Å². The summed E-state index contributed by atoms with van der Waals surface area (Å²) in [6.45, 7) is 1.32. The van der Waals surface area contributed by atoms with Crippen molar-refractivity contribution in [1.82, 2.24) is 9.88 Å². The first kappa shape index (κ1) is 18.8. The van der Waals surface area contributed by atoms with E-state index in [9.17, 15) is 18.0 Å². The summed E-state index contributed by atoms with van der Waals surface area (Å²) in [5.41, 5.74) is 0.783. The standard InChI is InChI=1S/C18H19F3N2O2S/c1-25-17(24)15-4-2-3-9-23(15)10-14-11-26-16(22-14)12-5-7-13(8-6-12)18(19,20)21/h5-8,11,15H,2-4,9-10H2,1H3/t15-/m1/s1. The highest BCUT2D eigenvalue weighted by Gasteiger charge is 2.31. The van der Waals surface area contributed by atoms with E-state index in [-0.39, 0.29) is 12.0 Å². The van der Waals surface area contributed by atoms with Gasteiger partial charge in [-0.25, -0.2) is 4.98 Å². The molecule has 0 amide bonds. The molecule has 0 N–H and O–H groups in total. The minimum Gasteiger partial charge on any atom is -0.468 e. The number of piperidine rings is 1. The van der Waals surface area contributed by atoms with Crippen LogP contribution in [0, 0.1) is 0 Å². The fourth-order valence-electron chi connectivity index (χ4n) is 3.11. The fourth-order valence-corrected chi connectivity index (χ4v) is 3.92. The van der Waals surface area contributed by atoms with Gasteiger partial charge in [-0.05, 0) is 31.5 Å². The summed E-state index contributed by atoms with van der Waals surface area (Å²) in [6.07, 6.45) is -1.57. The van der Waals surface area contributed by atoms with E-state index >= 15 is 0 Å². The minimum atomic E-state index is -4.34. The number of hydrogen-bond acceptors (Lipinski definition) is 5. The number of alkyl halides is 3. The number of carbonyl (C=O) groups is 1. The Morgan fingerprint density at radius 3 is 2.69 bits per heavy atom. The molecule has 26 heavy (non-hydrogen) atoms. The number of benzene rings is 1. The first-order valence-corrected chi connectivity index (χ1v) is 9.20. The Labute approximate surface area is 153 Å². The zero-order valence-electron chi connectivity index (χ0n) is 14.3. The van der Waals surface area contributed by atoms with Crippen molar-refractivity contribution < 1.29 is 22.7 Å². The maximum absolute atomic E-state index is 12.7. The first-order valence-electron chi connectivity index (χ1n) is 8.32. The van der Waals surface area contributed by atoms with Crippen molar-refractivity contribution in [1.29, 1.82) is 0 Å². The maximum Gasteiger partial charge on any atom is 0.416 e. The van der Waals surface area contributed by atoms with Crippen molar-refractivity contribution in [2.75, 3.05) is 13.7 Å². The molecule has 0 unspecified atom stereocenters. The summed E-state index contributed by atoms with van der Waals surface area (Å²) < 4.78 is 42.9. The lowest BCUT2D eigenvalue weighted by Crippen LogP contribution is -2.44.